The number of aryl methyl sites for hydroxylation is 1. The predicted octanol–water partition coefficient (Wildman–Crippen LogP) is 6.65. The topological polar surface area (TPSA) is 31.2 Å². The van der Waals surface area contributed by atoms with Crippen LogP contribution in [0.4, 0.5) is 0 Å². The third-order valence-electron chi connectivity index (χ3n) is 5.89. The van der Waals surface area contributed by atoms with Gasteiger partial charge in [0, 0.05) is 35.3 Å². The van der Waals surface area contributed by atoms with Crippen molar-refractivity contribution in [1.82, 2.24) is 4.57 Å². The Morgan fingerprint density at radius 2 is 1.78 bits per heavy atom. The fraction of sp³-hybridized carbons (Fsp3) is 0.222. The van der Waals surface area contributed by atoms with Gasteiger partial charge in [0.15, 0.2) is 5.78 Å². The molecule has 0 atom stereocenters. The first kappa shape index (κ1) is 21.2. The lowest BCUT2D eigenvalue weighted by Gasteiger charge is -2.21. The molecule has 4 aromatic rings. The molecule has 0 radical (unpaired) electrons. The highest BCUT2D eigenvalue weighted by molar-refractivity contribution is 8.18. The molecule has 3 nitrogen and oxygen atoms in total. The molecule has 32 heavy (non-hydrogen) atoms. The Hall–Kier alpha value is -2.63. The van der Waals surface area contributed by atoms with Crippen LogP contribution >= 0.6 is 23.5 Å². The number of ketones is 1. The summed E-state index contributed by atoms with van der Waals surface area (Å²) in [4.78, 5) is 13.7. The number of rotatable bonds is 5. The number of carbonyl (C=O) groups is 1. The van der Waals surface area contributed by atoms with Crippen molar-refractivity contribution in [2.75, 3.05) is 18.6 Å². The van der Waals surface area contributed by atoms with Gasteiger partial charge >= 0.3 is 0 Å². The van der Waals surface area contributed by atoms with Crippen molar-refractivity contribution in [2.24, 2.45) is 7.05 Å². The molecule has 1 saturated heterocycles. The molecule has 0 bridgehead atoms. The zero-order valence-electron chi connectivity index (χ0n) is 18.2. The van der Waals surface area contributed by atoms with E-state index in [0.717, 1.165) is 55.6 Å². The monoisotopic (exact) mass is 459 g/mol. The molecule has 1 fully saturated rings. The van der Waals surface area contributed by atoms with Gasteiger partial charge in [-0.25, -0.2) is 0 Å². The number of thioether (sulfide) groups is 2. The molecule has 162 valence electrons. The van der Waals surface area contributed by atoms with E-state index in [2.05, 4.69) is 72.4 Å². The van der Waals surface area contributed by atoms with Gasteiger partial charge in [-0.15, -0.1) is 23.5 Å². The van der Waals surface area contributed by atoms with Gasteiger partial charge in [0.2, 0.25) is 0 Å². The summed E-state index contributed by atoms with van der Waals surface area (Å²) in [6, 6.07) is 20.7. The Kier molecular flexibility index (Phi) is 6.03. The third kappa shape index (κ3) is 4.07. The molecular formula is C27H25NO2S2. The number of ether oxygens (including phenoxy) is 1. The van der Waals surface area contributed by atoms with E-state index in [9.17, 15) is 4.79 Å². The lowest BCUT2D eigenvalue weighted by Crippen LogP contribution is -2.19. The van der Waals surface area contributed by atoms with Gasteiger partial charge in [-0.05, 0) is 64.6 Å². The molecule has 0 unspecified atom stereocenters. The number of hydrogen-bond donors (Lipinski definition) is 0. The molecule has 0 amide bonds. The summed E-state index contributed by atoms with van der Waals surface area (Å²) in [5.41, 5.74) is 3.99. The Morgan fingerprint density at radius 1 is 1.03 bits per heavy atom. The number of Topliss-reactive ketones (excluding diaryl/α,β-unsaturated/α-hetero) is 1. The van der Waals surface area contributed by atoms with Crippen LogP contribution in [0.15, 0.2) is 66.9 Å². The number of benzene rings is 3. The van der Waals surface area contributed by atoms with Crippen LogP contribution in [0.5, 0.6) is 5.75 Å². The lowest BCUT2D eigenvalue weighted by molar-refractivity contribution is -0.112. The van der Waals surface area contributed by atoms with Gasteiger partial charge < -0.3 is 9.30 Å². The van der Waals surface area contributed by atoms with E-state index in [4.69, 9.17) is 4.74 Å². The SMILES string of the molecule is COc1ccc2cc(/C(=C\c3cn(C)c4ccccc34)C(=O)C3SCCCS3)ccc2c1. The van der Waals surface area contributed by atoms with E-state index >= 15 is 0 Å². The molecule has 5 rings (SSSR count). The normalized spacial score (nSPS) is 15.4. The summed E-state index contributed by atoms with van der Waals surface area (Å²) in [5.74, 6) is 3.13. The van der Waals surface area contributed by atoms with Crippen molar-refractivity contribution in [1.29, 1.82) is 0 Å². The van der Waals surface area contributed by atoms with E-state index in [1.807, 2.05) is 12.1 Å². The number of hydrogen-bond acceptors (Lipinski definition) is 4. The minimum absolute atomic E-state index is 0.0449. The molecule has 1 aliphatic heterocycles. The third-order valence-corrected chi connectivity index (χ3v) is 8.79. The predicted molar refractivity (Wildman–Crippen MR) is 140 cm³/mol. The largest absolute Gasteiger partial charge is 0.497 e. The molecule has 1 aliphatic rings. The van der Waals surface area contributed by atoms with Gasteiger partial charge in [0.25, 0.3) is 0 Å². The number of methoxy groups -OCH3 is 1. The maximum absolute atomic E-state index is 13.7. The summed E-state index contributed by atoms with van der Waals surface area (Å²) in [6.07, 6.45) is 5.37. The van der Waals surface area contributed by atoms with Gasteiger partial charge in [0.1, 0.15) is 10.3 Å². The smallest absolute Gasteiger partial charge is 0.186 e. The van der Waals surface area contributed by atoms with E-state index in [1.165, 1.54) is 6.42 Å². The Morgan fingerprint density at radius 3 is 2.59 bits per heavy atom. The minimum atomic E-state index is -0.0449. The molecule has 0 spiro atoms. The second kappa shape index (κ2) is 9.08. The Bertz CT molecular complexity index is 1330. The number of para-hydroxylation sites is 1. The van der Waals surface area contributed by atoms with Crippen LogP contribution < -0.4 is 4.74 Å². The van der Waals surface area contributed by atoms with Crippen molar-refractivity contribution in [2.45, 2.75) is 11.0 Å². The van der Waals surface area contributed by atoms with Crippen molar-refractivity contribution in [3.05, 3.63) is 78.0 Å². The Labute approximate surface area is 196 Å². The van der Waals surface area contributed by atoms with Crippen LogP contribution in [-0.2, 0) is 11.8 Å². The van der Waals surface area contributed by atoms with Crippen LogP contribution in [0.25, 0.3) is 33.3 Å². The fourth-order valence-electron chi connectivity index (χ4n) is 4.22. The van der Waals surface area contributed by atoms with E-state index in [1.54, 1.807) is 30.6 Å². The number of allylic oxidation sites excluding steroid dienone is 1. The highest BCUT2D eigenvalue weighted by Crippen LogP contribution is 2.37. The molecule has 1 aromatic heterocycles. The highest BCUT2D eigenvalue weighted by Gasteiger charge is 2.26. The fourth-order valence-corrected chi connectivity index (χ4v) is 6.98. The van der Waals surface area contributed by atoms with Gasteiger partial charge in [-0.3, -0.25) is 4.79 Å². The summed E-state index contributed by atoms with van der Waals surface area (Å²) in [5, 5.41) is 3.37. The molecule has 3 aromatic carbocycles. The second-order valence-corrected chi connectivity index (χ2v) is 10.7. The second-order valence-electron chi connectivity index (χ2n) is 7.99. The summed E-state index contributed by atoms with van der Waals surface area (Å²) in [7, 11) is 3.73. The minimum Gasteiger partial charge on any atom is -0.497 e. The first-order valence-corrected chi connectivity index (χ1v) is 12.8. The molecule has 0 N–H and O–H groups in total. The van der Waals surface area contributed by atoms with Crippen LogP contribution in [0.3, 0.4) is 0 Å². The molecule has 0 saturated carbocycles. The Balaban J connectivity index is 1.65. The van der Waals surface area contributed by atoms with Crippen LogP contribution in [0.2, 0.25) is 0 Å². The highest BCUT2D eigenvalue weighted by atomic mass is 32.2. The van der Waals surface area contributed by atoms with E-state index in [0.29, 0.717) is 0 Å². The van der Waals surface area contributed by atoms with E-state index < -0.39 is 0 Å². The van der Waals surface area contributed by atoms with Crippen molar-refractivity contribution < 1.29 is 9.53 Å². The van der Waals surface area contributed by atoms with Crippen molar-refractivity contribution >= 4 is 62.6 Å². The zero-order chi connectivity index (χ0) is 22.1. The summed E-state index contributed by atoms with van der Waals surface area (Å²) < 4.78 is 7.45. The first-order valence-electron chi connectivity index (χ1n) is 10.8. The van der Waals surface area contributed by atoms with Crippen LogP contribution in [-0.4, -0.2) is 33.5 Å². The average molecular weight is 460 g/mol. The quantitative estimate of drug-likeness (QED) is 0.313. The standard InChI is InChI=1S/C27H25NO2S2/c1-28-17-21(23-6-3-4-7-25(23)28)16-24(26(29)27-31-12-5-13-32-27)20-9-8-19-15-22(30-2)11-10-18(19)14-20/h3-4,6-11,14-17,27H,5,12-13H2,1-2H3/b24-16+. The van der Waals surface area contributed by atoms with Gasteiger partial charge in [0.05, 0.1) is 7.11 Å². The molecular weight excluding hydrogens is 434 g/mol. The van der Waals surface area contributed by atoms with Crippen molar-refractivity contribution in [3.8, 4) is 5.75 Å². The van der Waals surface area contributed by atoms with Gasteiger partial charge in [-0.1, -0.05) is 36.4 Å². The molecule has 2 heterocycles. The lowest BCUT2D eigenvalue weighted by atomic mass is 9.96. The maximum atomic E-state index is 13.7. The van der Waals surface area contributed by atoms with Crippen LogP contribution in [0, 0.1) is 0 Å². The zero-order valence-corrected chi connectivity index (χ0v) is 19.8. The summed E-state index contributed by atoms with van der Waals surface area (Å²) in [6.45, 7) is 0. The maximum Gasteiger partial charge on any atom is 0.186 e. The number of aromatic nitrogens is 1. The number of fused-ring (bicyclic) bond motifs is 2. The number of carbonyl (C=O) groups excluding carboxylic acids is 1. The van der Waals surface area contributed by atoms with Crippen molar-refractivity contribution in [3.63, 3.8) is 0 Å². The molecule has 5 heteroatoms. The molecule has 0 aliphatic carbocycles. The number of nitrogens with zero attached hydrogens (tertiary/aromatic N) is 1. The van der Waals surface area contributed by atoms with Crippen LogP contribution in [0.1, 0.15) is 17.5 Å². The van der Waals surface area contributed by atoms with E-state index in [-0.39, 0.29) is 10.4 Å². The first-order chi connectivity index (χ1) is 15.6. The van der Waals surface area contributed by atoms with Gasteiger partial charge in [-0.2, -0.15) is 0 Å². The average Bonchev–Trinajstić information content (AvgIpc) is 3.17. The summed E-state index contributed by atoms with van der Waals surface area (Å²) >= 11 is 3.55.